The van der Waals surface area contributed by atoms with Gasteiger partial charge in [-0.3, -0.25) is 14.9 Å². The van der Waals surface area contributed by atoms with Crippen LogP contribution in [0.25, 0.3) is 10.9 Å². The Balaban J connectivity index is 2.16. The Morgan fingerprint density at radius 1 is 1.17 bits per heavy atom. The van der Waals surface area contributed by atoms with Crippen molar-refractivity contribution >= 4 is 16.6 Å². The smallest absolute Gasteiger partial charge is 0.269 e. The van der Waals surface area contributed by atoms with Crippen LogP contribution < -0.4 is 5.43 Å². The number of pyridine rings is 1. The quantitative estimate of drug-likeness (QED) is 0.458. The Kier molecular flexibility index (Phi) is 3.57. The van der Waals surface area contributed by atoms with E-state index in [1.807, 2.05) is 0 Å². The predicted molar refractivity (Wildman–Crippen MR) is 86.0 cm³/mol. The molecule has 0 bridgehead atoms. The Bertz CT molecular complexity index is 976. The third-order valence-corrected chi connectivity index (χ3v) is 3.91. The third-order valence-electron chi connectivity index (χ3n) is 3.91. The summed E-state index contributed by atoms with van der Waals surface area (Å²) in [7, 11) is 0. The molecular formula is C17H14N2O4. The zero-order valence-corrected chi connectivity index (χ0v) is 12.4. The lowest BCUT2D eigenvalue weighted by Gasteiger charge is -2.12. The van der Waals surface area contributed by atoms with Crippen LogP contribution in [0.1, 0.15) is 16.8 Å². The first-order valence-electron chi connectivity index (χ1n) is 7.05. The SMILES string of the molecule is Cc1c(Cc2cccc([N+](=O)[O-])c2)c(=O)c2ccccc2n1O. The molecule has 0 amide bonds. The van der Waals surface area contributed by atoms with Gasteiger partial charge in [-0.15, -0.1) is 0 Å². The van der Waals surface area contributed by atoms with E-state index in [4.69, 9.17) is 0 Å². The summed E-state index contributed by atoms with van der Waals surface area (Å²) in [6.45, 7) is 1.65. The van der Waals surface area contributed by atoms with E-state index < -0.39 is 4.92 Å². The molecule has 6 nitrogen and oxygen atoms in total. The monoisotopic (exact) mass is 310 g/mol. The molecule has 0 fully saturated rings. The summed E-state index contributed by atoms with van der Waals surface area (Å²) in [6, 6.07) is 13.0. The van der Waals surface area contributed by atoms with E-state index >= 15 is 0 Å². The fourth-order valence-corrected chi connectivity index (χ4v) is 2.68. The standard InChI is InChI=1S/C17H14N2O4/c1-11-15(10-12-5-4-6-13(9-12)19(22)23)17(20)14-7-2-3-8-16(14)18(11)21/h2-9,21H,10H2,1H3. The van der Waals surface area contributed by atoms with E-state index in [1.165, 1.54) is 12.1 Å². The summed E-state index contributed by atoms with van der Waals surface area (Å²) in [5, 5.41) is 21.5. The first-order valence-corrected chi connectivity index (χ1v) is 7.05. The van der Waals surface area contributed by atoms with Crippen LogP contribution in [-0.2, 0) is 6.42 Å². The Morgan fingerprint density at radius 2 is 1.91 bits per heavy atom. The topological polar surface area (TPSA) is 85.4 Å². The van der Waals surface area contributed by atoms with Crippen LogP contribution in [0.4, 0.5) is 5.69 Å². The van der Waals surface area contributed by atoms with Crippen LogP contribution in [0.3, 0.4) is 0 Å². The molecule has 1 N–H and O–H groups in total. The minimum atomic E-state index is -0.471. The van der Waals surface area contributed by atoms with Crippen LogP contribution >= 0.6 is 0 Å². The number of para-hydroxylation sites is 1. The minimum absolute atomic E-state index is 0.0229. The van der Waals surface area contributed by atoms with Gasteiger partial charge in [-0.05, 0) is 24.6 Å². The summed E-state index contributed by atoms with van der Waals surface area (Å²) < 4.78 is 0.990. The summed E-state index contributed by atoms with van der Waals surface area (Å²) in [5.41, 5.74) is 1.75. The highest BCUT2D eigenvalue weighted by Gasteiger charge is 2.15. The first-order chi connectivity index (χ1) is 11.0. The zero-order chi connectivity index (χ0) is 16.6. The average Bonchev–Trinajstić information content (AvgIpc) is 2.57. The van der Waals surface area contributed by atoms with Gasteiger partial charge in [0.1, 0.15) is 0 Å². The van der Waals surface area contributed by atoms with Gasteiger partial charge in [0.15, 0.2) is 5.43 Å². The van der Waals surface area contributed by atoms with Gasteiger partial charge in [-0.1, -0.05) is 24.3 Å². The summed E-state index contributed by atoms with van der Waals surface area (Å²) in [5.74, 6) is 0. The molecule has 0 aliphatic carbocycles. The van der Waals surface area contributed by atoms with Crippen molar-refractivity contribution in [1.29, 1.82) is 0 Å². The highest BCUT2D eigenvalue weighted by Crippen LogP contribution is 2.19. The second-order valence-corrected chi connectivity index (χ2v) is 5.33. The van der Waals surface area contributed by atoms with Gasteiger partial charge in [-0.25, -0.2) is 0 Å². The molecular weight excluding hydrogens is 296 g/mol. The fourth-order valence-electron chi connectivity index (χ4n) is 2.68. The first kappa shape index (κ1) is 14.8. The molecule has 1 heterocycles. The number of hydrogen-bond acceptors (Lipinski definition) is 4. The summed E-state index contributed by atoms with van der Waals surface area (Å²) >= 11 is 0. The second kappa shape index (κ2) is 5.57. The van der Waals surface area contributed by atoms with Crippen molar-refractivity contribution in [3.8, 4) is 0 Å². The lowest BCUT2D eigenvalue weighted by atomic mass is 10.0. The van der Waals surface area contributed by atoms with Gasteiger partial charge >= 0.3 is 0 Å². The van der Waals surface area contributed by atoms with Gasteiger partial charge in [0.2, 0.25) is 0 Å². The molecule has 0 saturated carbocycles. The summed E-state index contributed by atoms with van der Waals surface area (Å²) in [4.78, 5) is 23.1. The van der Waals surface area contributed by atoms with E-state index in [2.05, 4.69) is 0 Å². The maximum atomic E-state index is 12.7. The molecule has 3 rings (SSSR count). The van der Waals surface area contributed by atoms with Crippen molar-refractivity contribution in [2.45, 2.75) is 13.3 Å². The van der Waals surface area contributed by atoms with E-state index in [0.717, 1.165) is 4.73 Å². The van der Waals surface area contributed by atoms with Crippen LogP contribution in [-0.4, -0.2) is 14.9 Å². The number of nitro groups is 1. The lowest BCUT2D eigenvalue weighted by Crippen LogP contribution is -2.18. The van der Waals surface area contributed by atoms with Gasteiger partial charge in [0.05, 0.1) is 16.1 Å². The molecule has 0 spiro atoms. The number of fused-ring (bicyclic) bond motifs is 1. The number of rotatable bonds is 3. The van der Waals surface area contributed by atoms with Gasteiger partial charge < -0.3 is 5.21 Å². The molecule has 6 heteroatoms. The summed E-state index contributed by atoms with van der Waals surface area (Å²) in [6.07, 6.45) is 0.220. The van der Waals surface area contributed by atoms with Crippen LogP contribution in [0.2, 0.25) is 0 Å². The maximum absolute atomic E-state index is 12.7. The number of nitrogens with zero attached hydrogens (tertiary/aromatic N) is 2. The number of non-ortho nitro benzene ring substituents is 1. The molecule has 0 atom stereocenters. The number of hydrogen-bond donors (Lipinski definition) is 1. The number of aromatic nitrogens is 1. The van der Waals surface area contributed by atoms with E-state index in [9.17, 15) is 20.1 Å². The normalized spacial score (nSPS) is 10.8. The van der Waals surface area contributed by atoms with Crippen molar-refractivity contribution in [3.05, 3.63) is 85.7 Å². The fraction of sp³-hybridized carbons (Fsp3) is 0.118. The minimum Gasteiger partial charge on any atom is -0.428 e. The Labute approximate surface area is 131 Å². The van der Waals surface area contributed by atoms with Crippen LogP contribution in [0.5, 0.6) is 0 Å². The van der Waals surface area contributed by atoms with E-state index in [-0.39, 0.29) is 17.5 Å². The predicted octanol–water partition coefficient (Wildman–Crippen LogP) is 3.05. The van der Waals surface area contributed by atoms with Crippen LogP contribution in [0.15, 0.2) is 53.3 Å². The molecule has 0 aliphatic rings. The number of nitro benzene ring substituents is 1. The molecule has 1 aromatic heterocycles. The van der Waals surface area contributed by atoms with E-state index in [0.29, 0.717) is 27.7 Å². The highest BCUT2D eigenvalue weighted by atomic mass is 16.6. The van der Waals surface area contributed by atoms with Crippen molar-refractivity contribution in [2.75, 3.05) is 0 Å². The van der Waals surface area contributed by atoms with Crippen LogP contribution in [0, 0.1) is 17.0 Å². The van der Waals surface area contributed by atoms with Crippen molar-refractivity contribution in [3.63, 3.8) is 0 Å². The average molecular weight is 310 g/mol. The molecule has 0 aliphatic heterocycles. The lowest BCUT2D eigenvalue weighted by molar-refractivity contribution is -0.384. The molecule has 0 unspecified atom stereocenters. The molecule has 0 radical (unpaired) electrons. The Hall–Kier alpha value is -3.15. The molecule has 3 aromatic rings. The third kappa shape index (κ3) is 2.55. The largest absolute Gasteiger partial charge is 0.428 e. The molecule has 0 saturated heterocycles. The van der Waals surface area contributed by atoms with Crippen molar-refractivity contribution in [1.82, 2.24) is 4.73 Å². The number of benzene rings is 2. The van der Waals surface area contributed by atoms with Gasteiger partial charge in [-0.2, -0.15) is 4.73 Å². The van der Waals surface area contributed by atoms with Gasteiger partial charge in [0.25, 0.3) is 5.69 Å². The Morgan fingerprint density at radius 3 is 2.65 bits per heavy atom. The molecule has 23 heavy (non-hydrogen) atoms. The van der Waals surface area contributed by atoms with Crippen molar-refractivity contribution < 1.29 is 10.1 Å². The molecule has 2 aromatic carbocycles. The van der Waals surface area contributed by atoms with E-state index in [1.54, 1.807) is 43.3 Å². The second-order valence-electron chi connectivity index (χ2n) is 5.33. The highest BCUT2D eigenvalue weighted by molar-refractivity contribution is 5.79. The zero-order valence-electron chi connectivity index (χ0n) is 12.4. The molecule has 116 valence electrons. The van der Waals surface area contributed by atoms with Crippen molar-refractivity contribution in [2.24, 2.45) is 0 Å². The van der Waals surface area contributed by atoms with Gasteiger partial charge in [0, 0.05) is 29.5 Å². The maximum Gasteiger partial charge on any atom is 0.269 e.